The Labute approximate surface area is 330 Å². The van der Waals surface area contributed by atoms with E-state index in [1.807, 2.05) is 60.7 Å². The van der Waals surface area contributed by atoms with Crippen molar-refractivity contribution in [1.29, 1.82) is 0 Å². The van der Waals surface area contributed by atoms with Crippen molar-refractivity contribution in [2.75, 3.05) is 45.9 Å². The summed E-state index contributed by atoms with van der Waals surface area (Å²) in [6.07, 6.45) is 1.64. The summed E-state index contributed by atoms with van der Waals surface area (Å²) < 4.78 is 0. The number of aliphatic hydroxyl groups is 1. The minimum absolute atomic E-state index is 0. The van der Waals surface area contributed by atoms with Crippen LogP contribution >= 0.6 is 0 Å². The first-order valence-corrected chi connectivity index (χ1v) is 18.1. The second kappa shape index (κ2) is 33.0. The lowest BCUT2D eigenvalue weighted by Gasteiger charge is -2.19. The Balaban J connectivity index is 0. The molecule has 0 bridgehead atoms. The molecule has 0 radical (unpaired) electrons. The van der Waals surface area contributed by atoms with E-state index in [2.05, 4.69) is 37.4 Å². The highest BCUT2D eigenvalue weighted by atomic mass is 16.2. The topological polar surface area (TPSA) is 267 Å². The molecule has 2 atom stereocenters. The summed E-state index contributed by atoms with van der Waals surface area (Å²) in [5.74, 6) is -2.41. The normalized spacial score (nSPS) is 10.9. The minimum atomic E-state index is -0.852. The highest BCUT2D eigenvalue weighted by Crippen LogP contribution is 2.05. The zero-order valence-electron chi connectivity index (χ0n) is 32.2. The van der Waals surface area contributed by atoms with Crippen LogP contribution in [0, 0.1) is 0 Å². The maximum absolute atomic E-state index is 12.4. The van der Waals surface area contributed by atoms with Crippen molar-refractivity contribution >= 4 is 46.9 Å². The molecule has 0 aliphatic rings. The molecule has 0 saturated carbocycles. The molecule has 2 rings (SSSR count). The smallest absolute Gasteiger partial charge is 0.243 e. The molecule has 0 saturated heterocycles. The van der Waals surface area contributed by atoms with Gasteiger partial charge in [0.05, 0.1) is 39.3 Å². The van der Waals surface area contributed by atoms with Crippen molar-refractivity contribution in [2.45, 2.75) is 79.3 Å². The fraction of sp³-hybridized carbons (Fsp3) is 0.487. The number of amides is 5. The molecule has 0 fully saturated rings. The molecule has 0 aromatic heterocycles. The van der Waals surface area contributed by atoms with Crippen LogP contribution in [0.4, 0.5) is 0 Å². The Morgan fingerprint density at radius 3 is 1.27 bits per heavy atom. The van der Waals surface area contributed by atoms with E-state index in [1.54, 1.807) is 27.7 Å². The molecule has 0 aliphatic carbocycles. The summed E-state index contributed by atoms with van der Waals surface area (Å²) in [6.45, 7) is 6.50. The second-order valence-corrected chi connectivity index (χ2v) is 11.7. The molecule has 0 heterocycles. The van der Waals surface area contributed by atoms with Crippen LogP contribution in [0.3, 0.4) is 0 Å². The van der Waals surface area contributed by atoms with Crippen molar-refractivity contribution in [3.63, 3.8) is 0 Å². The Morgan fingerprint density at radius 1 is 0.536 bits per heavy atom. The van der Waals surface area contributed by atoms with Crippen molar-refractivity contribution < 1.29 is 43.5 Å². The van der Waals surface area contributed by atoms with Gasteiger partial charge in [-0.2, -0.15) is 0 Å². The Hall–Kier alpha value is -5.36. The van der Waals surface area contributed by atoms with E-state index >= 15 is 0 Å². The van der Waals surface area contributed by atoms with E-state index in [-0.39, 0.29) is 77.1 Å². The molecule has 0 aliphatic heterocycles. The molecule has 0 spiro atoms. The molecule has 10 N–H and O–H groups in total. The number of ketones is 3. The van der Waals surface area contributed by atoms with Crippen LogP contribution in [0.15, 0.2) is 60.7 Å². The summed E-state index contributed by atoms with van der Waals surface area (Å²) in [5.41, 5.74) is 12.2. The van der Waals surface area contributed by atoms with Gasteiger partial charge in [0.15, 0.2) is 11.6 Å². The lowest BCUT2D eigenvalue weighted by atomic mass is 10.1. The van der Waals surface area contributed by atoms with Gasteiger partial charge in [0.25, 0.3) is 0 Å². The summed E-state index contributed by atoms with van der Waals surface area (Å²) in [6, 6.07) is 16.8. The average molecular weight is 787 g/mol. The van der Waals surface area contributed by atoms with Gasteiger partial charge in [-0.05, 0) is 18.1 Å². The minimum Gasteiger partial charge on any atom is -0.397 e. The van der Waals surface area contributed by atoms with Crippen molar-refractivity contribution in [3.05, 3.63) is 71.8 Å². The fourth-order valence-electron chi connectivity index (χ4n) is 4.16. The van der Waals surface area contributed by atoms with E-state index < -0.39 is 41.6 Å². The predicted molar refractivity (Wildman–Crippen MR) is 214 cm³/mol. The number of aliphatic hydroxyl groups excluding tert-OH is 1. The first-order valence-electron chi connectivity index (χ1n) is 18.1. The number of hydrogen-bond acceptors (Lipinski definition) is 12. The number of nitrogens with one attached hydrogen (secondary N) is 7. The van der Waals surface area contributed by atoms with Gasteiger partial charge in [-0.1, -0.05) is 88.9 Å². The van der Waals surface area contributed by atoms with Crippen LogP contribution in [-0.4, -0.2) is 110 Å². The fourth-order valence-corrected chi connectivity index (χ4v) is 4.16. The monoisotopic (exact) mass is 786 g/mol. The van der Waals surface area contributed by atoms with Gasteiger partial charge in [0.2, 0.25) is 29.5 Å². The Bertz CT molecular complexity index is 1480. The maximum Gasteiger partial charge on any atom is 0.243 e. The largest absolute Gasteiger partial charge is 0.397 e. The van der Waals surface area contributed by atoms with Gasteiger partial charge in [0.1, 0.15) is 17.9 Å². The van der Waals surface area contributed by atoms with Crippen LogP contribution in [0.1, 0.15) is 65.5 Å². The zero-order valence-corrected chi connectivity index (χ0v) is 32.2. The quantitative estimate of drug-likeness (QED) is 0.0505. The highest BCUT2D eigenvalue weighted by Gasteiger charge is 2.23. The van der Waals surface area contributed by atoms with Crippen molar-refractivity contribution in [2.24, 2.45) is 5.73 Å². The molecular weight excluding hydrogens is 724 g/mol. The molecule has 2 aromatic rings. The molecule has 312 valence electrons. The third-order valence-corrected chi connectivity index (χ3v) is 7.26. The van der Waals surface area contributed by atoms with Gasteiger partial charge in [-0.3, -0.25) is 38.4 Å². The Morgan fingerprint density at radius 2 is 0.893 bits per heavy atom. The molecule has 17 nitrogen and oxygen atoms in total. The molecule has 56 heavy (non-hydrogen) atoms. The van der Waals surface area contributed by atoms with Gasteiger partial charge < -0.3 is 37.4 Å². The third kappa shape index (κ3) is 26.4. The number of benzene rings is 2. The van der Waals surface area contributed by atoms with Crippen LogP contribution in [0.5, 0.6) is 0 Å². The van der Waals surface area contributed by atoms with Crippen LogP contribution in [-0.2, 0) is 51.2 Å². The lowest BCUT2D eigenvalue weighted by molar-refractivity contribution is -0.130. The van der Waals surface area contributed by atoms with Gasteiger partial charge in [-0.15, -0.1) is 0 Å². The second-order valence-electron chi connectivity index (χ2n) is 11.7. The van der Waals surface area contributed by atoms with Gasteiger partial charge in [0, 0.05) is 38.7 Å². The van der Waals surface area contributed by atoms with Gasteiger partial charge in [-0.25, -0.2) is 10.9 Å². The number of hydrazine groups is 1. The lowest BCUT2D eigenvalue weighted by Crippen LogP contribution is -2.52. The van der Waals surface area contributed by atoms with Crippen LogP contribution in [0.2, 0.25) is 0 Å². The van der Waals surface area contributed by atoms with Gasteiger partial charge >= 0.3 is 0 Å². The first-order chi connectivity index (χ1) is 26.3. The summed E-state index contributed by atoms with van der Waals surface area (Å²) in [5, 5.41) is 20.2. The molecule has 2 aromatic carbocycles. The number of carbonyl (C=O) groups is 8. The average Bonchev–Trinajstić information content (AvgIpc) is 3.19. The Kier molecular flexibility index (Phi) is 31.1. The highest BCUT2D eigenvalue weighted by molar-refractivity contribution is 5.93. The third-order valence-electron chi connectivity index (χ3n) is 7.26. The van der Waals surface area contributed by atoms with E-state index in [9.17, 15) is 38.4 Å². The van der Waals surface area contributed by atoms with E-state index in [0.29, 0.717) is 25.7 Å². The zero-order chi connectivity index (χ0) is 41.4. The van der Waals surface area contributed by atoms with Crippen molar-refractivity contribution in [1.82, 2.24) is 37.4 Å². The molecular formula is C39H62N8O9. The molecule has 17 heteroatoms. The number of carbonyl (C=O) groups excluding carboxylic acids is 8. The molecule has 0 unspecified atom stereocenters. The standard InChI is InChI=1S/C19H28N4O4.C17H24N4O4.C2H6O.CH4/c1-3-15(24)11-20-19(27)17(10-14-8-6-5-7-9-14)23-18(26)13-22-21-12-16(25)4-2;1-2-13(22)10-20-17(25)14(8-12-6-4-3-5-7-12)21-16(24)11-19-15(23)9-18;1-2-3;/h5-9,17,21-22H,3-4,10-13H2,1-2H3,(H,20,27)(H,23,26);3-7,14H,2,8-11,18H2,1H3,(H,19,23)(H,20,25)(H,21,24);3H,2H2,1H3;1H4/t17-;14-;;/m00../s1. The molecule has 5 amide bonds. The maximum atomic E-state index is 12.4. The van der Waals surface area contributed by atoms with E-state index in [4.69, 9.17) is 10.8 Å². The summed E-state index contributed by atoms with van der Waals surface area (Å²) in [7, 11) is 0. The van der Waals surface area contributed by atoms with Crippen LogP contribution < -0.4 is 43.2 Å². The number of hydrogen-bond donors (Lipinski definition) is 9. The van der Waals surface area contributed by atoms with E-state index in [1.165, 1.54) is 0 Å². The summed E-state index contributed by atoms with van der Waals surface area (Å²) >= 11 is 0. The van der Waals surface area contributed by atoms with Crippen molar-refractivity contribution in [3.8, 4) is 0 Å². The first kappa shape index (κ1) is 52.7. The van der Waals surface area contributed by atoms with E-state index in [0.717, 1.165) is 11.1 Å². The SMILES string of the molecule is C.CCC(=O)CNC(=O)[C@H](Cc1ccccc1)NC(=O)CNC(=O)CN.CCC(=O)CNNCC(=O)N[C@@H](Cc1ccccc1)C(=O)NCC(=O)CC.CCO. The predicted octanol–water partition coefficient (Wildman–Crippen LogP) is -0.599. The summed E-state index contributed by atoms with van der Waals surface area (Å²) in [4.78, 5) is 93.9. The number of rotatable bonds is 23. The number of Topliss-reactive ketones (excluding diaryl/α,β-unsaturated/α-hetero) is 3. The van der Waals surface area contributed by atoms with Crippen LogP contribution in [0.25, 0.3) is 0 Å². The number of nitrogens with two attached hydrogens (primary N) is 1.